The van der Waals surface area contributed by atoms with Gasteiger partial charge in [-0.05, 0) is 42.8 Å². The van der Waals surface area contributed by atoms with Gasteiger partial charge in [-0.2, -0.15) is 0 Å². The first-order chi connectivity index (χ1) is 13.4. The summed E-state index contributed by atoms with van der Waals surface area (Å²) in [6.45, 7) is 1.78. The van der Waals surface area contributed by atoms with Crippen LogP contribution in [0.4, 0.5) is 5.69 Å². The predicted molar refractivity (Wildman–Crippen MR) is 111 cm³/mol. The van der Waals surface area contributed by atoms with Crippen LogP contribution in [0.3, 0.4) is 0 Å². The SMILES string of the molecule is COc1cc(OC)c(OC)cc1C=C(C)C(=O)c1ccc(OC)c(N(C)C)c1. The fourth-order valence-corrected chi connectivity index (χ4v) is 2.87. The molecule has 0 atom stereocenters. The van der Waals surface area contributed by atoms with E-state index in [0.29, 0.717) is 34.1 Å². The lowest BCUT2D eigenvalue weighted by Crippen LogP contribution is -2.11. The topological polar surface area (TPSA) is 57.2 Å². The second kappa shape index (κ2) is 9.17. The van der Waals surface area contributed by atoms with Gasteiger partial charge in [0.15, 0.2) is 17.3 Å². The molecular formula is C22H27NO5. The summed E-state index contributed by atoms with van der Waals surface area (Å²) in [6, 6.07) is 8.90. The molecule has 28 heavy (non-hydrogen) atoms. The molecule has 0 spiro atoms. The van der Waals surface area contributed by atoms with E-state index < -0.39 is 0 Å². The van der Waals surface area contributed by atoms with Gasteiger partial charge in [-0.25, -0.2) is 0 Å². The quantitative estimate of drug-likeness (QED) is 0.504. The van der Waals surface area contributed by atoms with Gasteiger partial charge in [-0.15, -0.1) is 0 Å². The van der Waals surface area contributed by atoms with Crippen LogP contribution >= 0.6 is 0 Å². The molecule has 0 aromatic heterocycles. The molecule has 0 aliphatic rings. The van der Waals surface area contributed by atoms with Crippen LogP contribution in [0.5, 0.6) is 23.0 Å². The van der Waals surface area contributed by atoms with Crippen molar-refractivity contribution in [3.05, 3.63) is 47.0 Å². The number of ketones is 1. The maximum Gasteiger partial charge on any atom is 0.188 e. The van der Waals surface area contributed by atoms with E-state index in [1.807, 2.05) is 25.1 Å². The van der Waals surface area contributed by atoms with Gasteiger partial charge in [0.1, 0.15) is 11.5 Å². The standard InChI is InChI=1S/C22H27NO5/c1-14(10-16-12-20(27-6)21(28-7)13-19(16)26-5)22(24)15-8-9-18(25-4)17(11-15)23(2)3/h8-13H,1-7H3. The fourth-order valence-electron chi connectivity index (χ4n) is 2.87. The second-order valence-electron chi connectivity index (χ2n) is 6.39. The minimum Gasteiger partial charge on any atom is -0.496 e. The molecule has 2 aromatic carbocycles. The molecule has 0 aliphatic carbocycles. The lowest BCUT2D eigenvalue weighted by molar-refractivity contribution is 0.103. The minimum absolute atomic E-state index is 0.0809. The Labute approximate surface area is 166 Å². The molecule has 2 aromatic rings. The molecule has 0 unspecified atom stereocenters. The monoisotopic (exact) mass is 385 g/mol. The Hall–Kier alpha value is -3.15. The molecule has 6 heteroatoms. The first kappa shape index (κ1) is 21.2. The Kier molecular flexibility index (Phi) is 6.93. The van der Waals surface area contributed by atoms with E-state index in [0.717, 1.165) is 11.3 Å². The van der Waals surface area contributed by atoms with Gasteiger partial charge in [0, 0.05) is 31.3 Å². The highest BCUT2D eigenvalue weighted by atomic mass is 16.5. The molecular weight excluding hydrogens is 358 g/mol. The molecule has 0 aliphatic heterocycles. The van der Waals surface area contributed by atoms with E-state index in [4.69, 9.17) is 18.9 Å². The van der Waals surface area contributed by atoms with Gasteiger partial charge < -0.3 is 23.8 Å². The lowest BCUT2D eigenvalue weighted by atomic mass is 10.0. The van der Waals surface area contributed by atoms with Crippen LogP contribution in [0.25, 0.3) is 6.08 Å². The Morgan fingerprint density at radius 1 is 0.821 bits per heavy atom. The summed E-state index contributed by atoms with van der Waals surface area (Å²) in [6.07, 6.45) is 1.78. The van der Waals surface area contributed by atoms with E-state index in [1.54, 1.807) is 65.7 Å². The van der Waals surface area contributed by atoms with Crippen molar-refractivity contribution >= 4 is 17.5 Å². The molecule has 0 saturated carbocycles. The smallest absolute Gasteiger partial charge is 0.188 e. The van der Waals surface area contributed by atoms with Gasteiger partial charge in [-0.1, -0.05) is 0 Å². The number of anilines is 1. The lowest BCUT2D eigenvalue weighted by Gasteiger charge is -2.17. The van der Waals surface area contributed by atoms with E-state index in [2.05, 4.69) is 0 Å². The number of allylic oxidation sites excluding steroid dienone is 1. The Morgan fingerprint density at radius 2 is 1.39 bits per heavy atom. The highest BCUT2D eigenvalue weighted by Crippen LogP contribution is 2.36. The number of hydrogen-bond acceptors (Lipinski definition) is 6. The van der Waals surface area contributed by atoms with Crippen molar-refractivity contribution in [1.29, 1.82) is 0 Å². The van der Waals surface area contributed by atoms with Gasteiger partial charge >= 0.3 is 0 Å². The summed E-state index contributed by atoms with van der Waals surface area (Å²) in [5.41, 5.74) is 2.72. The van der Waals surface area contributed by atoms with Crippen LogP contribution in [0.2, 0.25) is 0 Å². The highest BCUT2D eigenvalue weighted by molar-refractivity contribution is 6.11. The molecule has 0 saturated heterocycles. The van der Waals surface area contributed by atoms with Crippen molar-refractivity contribution in [2.24, 2.45) is 0 Å². The zero-order chi connectivity index (χ0) is 20.8. The average molecular weight is 385 g/mol. The first-order valence-electron chi connectivity index (χ1n) is 8.74. The number of hydrogen-bond donors (Lipinski definition) is 0. The number of methoxy groups -OCH3 is 4. The fraction of sp³-hybridized carbons (Fsp3) is 0.318. The van der Waals surface area contributed by atoms with Gasteiger partial charge in [0.2, 0.25) is 0 Å². The van der Waals surface area contributed by atoms with E-state index in [1.165, 1.54) is 0 Å². The van der Waals surface area contributed by atoms with E-state index in [9.17, 15) is 4.79 Å². The third-order valence-electron chi connectivity index (χ3n) is 4.39. The van der Waals surface area contributed by atoms with Crippen molar-refractivity contribution in [2.45, 2.75) is 6.92 Å². The summed E-state index contributed by atoms with van der Waals surface area (Å²) in [7, 11) is 10.1. The van der Waals surface area contributed by atoms with Crippen LogP contribution in [-0.2, 0) is 0 Å². The molecule has 0 heterocycles. The van der Waals surface area contributed by atoms with Gasteiger partial charge in [0.05, 0.1) is 34.1 Å². The molecule has 0 fully saturated rings. The van der Waals surface area contributed by atoms with E-state index in [-0.39, 0.29) is 5.78 Å². The summed E-state index contributed by atoms with van der Waals surface area (Å²) < 4.78 is 21.5. The minimum atomic E-state index is -0.0809. The maximum absolute atomic E-state index is 13.0. The van der Waals surface area contributed by atoms with Crippen LogP contribution in [0.1, 0.15) is 22.8 Å². The molecule has 0 radical (unpaired) electrons. The van der Waals surface area contributed by atoms with Crippen molar-refractivity contribution < 1.29 is 23.7 Å². The Balaban J connectivity index is 2.45. The zero-order valence-corrected chi connectivity index (χ0v) is 17.5. The molecule has 0 N–H and O–H groups in total. The molecule has 6 nitrogen and oxygen atoms in total. The summed E-state index contributed by atoms with van der Waals surface area (Å²) in [5, 5.41) is 0. The highest BCUT2D eigenvalue weighted by Gasteiger charge is 2.15. The number of rotatable bonds is 8. The van der Waals surface area contributed by atoms with Crippen LogP contribution in [0, 0.1) is 0 Å². The third-order valence-corrected chi connectivity index (χ3v) is 4.39. The van der Waals surface area contributed by atoms with Crippen LogP contribution < -0.4 is 23.8 Å². The van der Waals surface area contributed by atoms with Crippen LogP contribution in [-0.4, -0.2) is 48.3 Å². The summed E-state index contributed by atoms with van der Waals surface area (Å²) in [4.78, 5) is 14.9. The molecule has 2 rings (SSSR count). The Morgan fingerprint density at radius 3 is 1.93 bits per heavy atom. The Bertz CT molecular complexity index is 887. The zero-order valence-electron chi connectivity index (χ0n) is 17.5. The number of benzene rings is 2. The van der Waals surface area contributed by atoms with E-state index >= 15 is 0 Å². The summed E-state index contributed by atoms with van der Waals surface area (Å²) >= 11 is 0. The number of Topliss-reactive ketones (excluding diaryl/α,β-unsaturated/α-hetero) is 1. The number of carbonyl (C=O) groups excluding carboxylic acids is 1. The van der Waals surface area contributed by atoms with Crippen LogP contribution in [0.15, 0.2) is 35.9 Å². The van der Waals surface area contributed by atoms with Gasteiger partial charge in [0.25, 0.3) is 0 Å². The molecule has 0 bridgehead atoms. The maximum atomic E-state index is 13.0. The third kappa shape index (κ3) is 4.39. The van der Waals surface area contributed by atoms with Crippen molar-refractivity contribution in [3.8, 4) is 23.0 Å². The van der Waals surface area contributed by atoms with Gasteiger partial charge in [-0.3, -0.25) is 4.79 Å². The van der Waals surface area contributed by atoms with Crippen molar-refractivity contribution in [1.82, 2.24) is 0 Å². The normalized spacial score (nSPS) is 11.0. The number of carbonyl (C=O) groups is 1. The largest absolute Gasteiger partial charge is 0.496 e. The molecule has 0 amide bonds. The summed E-state index contributed by atoms with van der Waals surface area (Å²) in [5.74, 6) is 2.35. The number of ether oxygens (including phenoxy) is 4. The molecule has 150 valence electrons. The van der Waals surface area contributed by atoms with Crippen molar-refractivity contribution in [2.75, 3.05) is 47.4 Å². The predicted octanol–water partition coefficient (Wildman–Crippen LogP) is 4.07. The number of nitrogens with zero attached hydrogens (tertiary/aromatic N) is 1. The second-order valence-corrected chi connectivity index (χ2v) is 6.39. The average Bonchev–Trinajstić information content (AvgIpc) is 2.71. The van der Waals surface area contributed by atoms with Crippen molar-refractivity contribution in [3.63, 3.8) is 0 Å². The first-order valence-corrected chi connectivity index (χ1v) is 8.74.